The zero-order chi connectivity index (χ0) is 22.4. The minimum absolute atomic E-state index is 0.0336. The van der Waals surface area contributed by atoms with Gasteiger partial charge >= 0.3 is 186 Å². The van der Waals surface area contributed by atoms with Crippen molar-refractivity contribution in [1.29, 1.82) is 0 Å². The van der Waals surface area contributed by atoms with Crippen LogP contribution in [0.15, 0.2) is 63.6 Å². The first-order chi connectivity index (χ1) is 14.0. The molecule has 0 saturated heterocycles. The molecule has 0 N–H and O–H groups in total. The summed E-state index contributed by atoms with van der Waals surface area (Å²) in [5.74, 6) is 0.626. The molecular formula is C23H32O5SSn. The molecule has 0 radical (unpaired) electrons. The molecule has 30 heavy (non-hydrogen) atoms. The first-order valence-electron chi connectivity index (χ1n) is 9.89. The van der Waals surface area contributed by atoms with E-state index in [4.69, 9.17) is 13.7 Å². The van der Waals surface area contributed by atoms with Gasteiger partial charge in [-0.1, -0.05) is 0 Å². The van der Waals surface area contributed by atoms with Crippen LogP contribution in [0.25, 0.3) is 0 Å². The van der Waals surface area contributed by atoms with E-state index in [9.17, 15) is 8.42 Å². The Balaban J connectivity index is 2.03. The summed E-state index contributed by atoms with van der Waals surface area (Å²) in [5.41, 5.74) is 2.02. The second kappa shape index (κ2) is 10.8. The Kier molecular flexibility index (Phi) is 8.96. The summed E-state index contributed by atoms with van der Waals surface area (Å²) >= 11 is -2.49. The van der Waals surface area contributed by atoms with E-state index in [1.54, 1.807) is 31.4 Å². The zero-order valence-electron chi connectivity index (χ0n) is 18.5. The molecule has 2 rings (SSSR count). The summed E-state index contributed by atoms with van der Waals surface area (Å²) < 4.78 is 42.8. The molecule has 0 saturated carbocycles. The maximum absolute atomic E-state index is 12.6. The van der Waals surface area contributed by atoms with Crippen molar-refractivity contribution in [2.24, 2.45) is 5.92 Å². The summed E-state index contributed by atoms with van der Waals surface area (Å²) in [6.07, 6.45) is 0. The summed E-state index contributed by atoms with van der Waals surface area (Å²) in [6.45, 7) is 7.02. The maximum atomic E-state index is 12.6. The Bertz CT molecular complexity index is 929. The Morgan fingerprint density at radius 1 is 1.00 bits per heavy atom. The monoisotopic (exact) mass is 540 g/mol. The Morgan fingerprint density at radius 2 is 1.60 bits per heavy atom. The van der Waals surface area contributed by atoms with Gasteiger partial charge in [0.25, 0.3) is 0 Å². The van der Waals surface area contributed by atoms with Gasteiger partial charge in [-0.05, 0) is 0 Å². The summed E-state index contributed by atoms with van der Waals surface area (Å²) in [6, 6.07) is 14.3. The molecule has 5 nitrogen and oxygen atoms in total. The third-order valence-corrected chi connectivity index (χ3v) is 12.9. The normalized spacial score (nSPS) is 13.1. The zero-order valence-corrected chi connectivity index (χ0v) is 22.1. The van der Waals surface area contributed by atoms with Crippen molar-refractivity contribution in [3.63, 3.8) is 0 Å². The van der Waals surface area contributed by atoms with Gasteiger partial charge in [-0.2, -0.15) is 0 Å². The summed E-state index contributed by atoms with van der Waals surface area (Å²) in [5, 5.41) is 0. The predicted octanol–water partition coefficient (Wildman–Crippen LogP) is 4.98. The number of aryl methyl sites for hydroxylation is 1. The average molecular weight is 539 g/mol. The van der Waals surface area contributed by atoms with Crippen LogP contribution in [0.2, 0.25) is 14.8 Å². The first-order valence-corrected chi connectivity index (χ1v) is 21.3. The number of hydrogen-bond donors (Lipinski definition) is 0. The minimum atomic E-state index is -3.82. The molecule has 0 bridgehead atoms. The van der Waals surface area contributed by atoms with Crippen molar-refractivity contribution in [3.05, 3.63) is 69.8 Å². The van der Waals surface area contributed by atoms with Gasteiger partial charge in [0.05, 0.1) is 0 Å². The molecule has 0 aliphatic rings. The van der Waals surface area contributed by atoms with E-state index >= 15 is 0 Å². The average Bonchev–Trinajstić information content (AvgIpc) is 2.70. The van der Waals surface area contributed by atoms with Crippen LogP contribution in [0.5, 0.6) is 5.75 Å². The molecule has 164 valence electrons. The van der Waals surface area contributed by atoms with Gasteiger partial charge in [0.2, 0.25) is 0 Å². The molecule has 0 unspecified atom stereocenters. The van der Waals surface area contributed by atoms with E-state index in [0.717, 1.165) is 20.5 Å². The second-order valence-corrected chi connectivity index (χ2v) is 24.7. The van der Waals surface area contributed by atoms with E-state index in [0.29, 0.717) is 13.2 Å². The van der Waals surface area contributed by atoms with Crippen LogP contribution in [0.1, 0.15) is 11.1 Å². The van der Waals surface area contributed by atoms with Gasteiger partial charge in [0, 0.05) is 0 Å². The van der Waals surface area contributed by atoms with E-state index in [-0.39, 0.29) is 17.4 Å². The van der Waals surface area contributed by atoms with Crippen LogP contribution in [0.3, 0.4) is 0 Å². The molecular weight excluding hydrogens is 507 g/mol. The second-order valence-electron chi connectivity index (χ2n) is 8.39. The quantitative estimate of drug-likeness (QED) is 0.298. The Morgan fingerprint density at radius 3 is 2.13 bits per heavy atom. The van der Waals surface area contributed by atoms with E-state index < -0.39 is 28.5 Å². The molecule has 0 fully saturated rings. The van der Waals surface area contributed by atoms with Crippen molar-refractivity contribution in [1.82, 2.24) is 0 Å². The van der Waals surface area contributed by atoms with Gasteiger partial charge < -0.3 is 0 Å². The van der Waals surface area contributed by atoms with Crippen LogP contribution >= 0.6 is 0 Å². The number of methoxy groups -OCH3 is 1. The third kappa shape index (κ3) is 7.41. The molecule has 1 atom stereocenters. The number of ether oxygens (including phenoxy) is 2. The topological polar surface area (TPSA) is 61.8 Å². The van der Waals surface area contributed by atoms with Crippen molar-refractivity contribution in [2.45, 2.75) is 33.2 Å². The molecule has 0 heterocycles. The molecule has 0 amide bonds. The van der Waals surface area contributed by atoms with E-state index in [1.165, 1.54) is 0 Å². The van der Waals surface area contributed by atoms with Crippen molar-refractivity contribution < 1.29 is 22.1 Å². The molecule has 2 aromatic carbocycles. The van der Waals surface area contributed by atoms with E-state index in [1.807, 2.05) is 31.2 Å². The van der Waals surface area contributed by atoms with Crippen LogP contribution < -0.4 is 4.74 Å². The number of benzene rings is 2. The fourth-order valence-electron chi connectivity index (χ4n) is 2.85. The van der Waals surface area contributed by atoms with Gasteiger partial charge in [0.15, 0.2) is 0 Å². The third-order valence-electron chi connectivity index (χ3n) is 4.94. The SMILES string of the molecule is C=[C]([C@@H](COCc1ccc(OC)cc1)COS(=O)(=O)c1ccc(C)cc1)[Sn]([CH3])([CH3])[CH3]. The van der Waals surface area contributed by atoms with Crippen molar-refractivity contribution in [2.75, 3.05) is 20.3 Å². The van der Waals surface area contributed by atoms with E-state index in [2.05, 4.69) is 21.4 Å². The van der Waals surface area contributed by atoms with Gasteiger partial charge in [-0.3, -0.25) is 0 Å². The predicted molar refractivity (Wildman–Crippen MR) is 123 cm³/mol. The number of hydrogen-bond acceptors (Lipinski definition) is 5. The molecule has 2 aromatic rings. The molecule has 0 aromatic heterocycles. The number of rotatable bonds is 11. The molecule has 7 heteroatoms. The van der Waals surface area contributed by atoms with Gasteiger partial charge in [-0.15, -0.1) is 0 Å². The van der Waals surface area contributed by atoms with Crippen molar-refractivity contribution >= 4 is 28.5 Å². The van der Waals surface area contributed by atoms with Gasteiger partial charge in [-0.25, -0.2) is 0 Å². The van der Waals surface area contributed by atoms with Crippen LogP contribution in [0, 0.1) is 12.8 Å². The molecule has 0 aliphatic heterocycles. The summed E-state index contributed by atoms with van der Waals surface area (Å²) in [4.78, 5) is 6.92. The van der Waals surface area contributed by atoms with Crippen molar-refractivity contribution in [3.8, 4) is 5.75 Å². The molecule has 0 spiro atoms. The van der Waals surface area contributed by atoms with Gasteiger partial charge in [0.1, 0.15) is 0 Å². The molecule has 0 aliphatic carbocycles. The van der Waals surface area contributed by atoms with Crippen LogP contribution in [0.4, 0.5) is 0 Å². The fraction of sp³-hybridized carbons (Fsp3) is 0.391. The Labute approximate surface area is 185 Å². The Hall–Kier alpha value is -1.35. The fourth-order valence-corrected chi connectivity index (χ4v) is 7.77. The summed E-state index contributed by atoms with van der Waals surface area (Å²) in [7, 11) is -2.19. The first kappa shape index (κ1) is 24.9. The standard InChI is InChI=1S/C20H23O5S.3CH3.Sn/c1-4-17(13-24-14-18-7-9-19(23-3)10-8-18)15-25-26(21,22)20-11-5-16(2)6-12-20;;;;/h5-12,17H,1,13-15H2,2-3H3;3*1H3;/t17-;;;;/m0..../s1. The van der Waals surface area contributed by atoms with Crippen LogP contribution in [-0.2, 0) is 25.6 Å². The van der Waals surface area contributed by atoms with Crippen LogP contribution in [-0.4, -0.2) is 47.1 Å².